The molecule has 0 bridgehead atoms. The number of para-hydroxylation sites is 1. The first kappa shape index (κ1) is 15.1. The van der Waals surface area contributed by atoms with Gasteiger partial charge in [-0.1, -0.05) is 36.4 Å². The molecule has 0 aliphatic carbocycles. The number of benzene rings is 2. The molecule has 0 amide bonds. The van der Waals surface area contributed by atoms with Gasteiger partial charge in [0, 0.05) is 11.1 Å². The predicted molar refractivity (Wildman–Crippen MR) is 90.4 cm³/mol. The number of hydrogen-bond acceptors (Lipinski definition) is 4. The maximum atomic E-state index is 9.31. The summed E-state index contributed by atoms with van der Waals surface area (Å²) in [6, 6.07) is 17.9. The molecule has 2 aromatic carbocycles. The molecule has 3 rings (SSSR count). The maximum absolute atomic E-state index is 9.31. The first-order valence-corrected chi connectivity index (χ1v) is 7.22. The van der Waals surface area contributed by atoms with E-state index in [1.165, 1.54) is 0 Å². The van der Waals surface area contributed by atoms with Gasteiger partial charge in [0.25, 0.3) is 0 Å². The molecule has 0 unspecified atom stereocenters. The summed E-state index contributed by atoms with van der Waals surface area (Å²) >= 11 is 0. The summed E-state index contributed by atoms with van der Waals surface area (Å²) in [5.74, 6) is 1.33. The summed E-state index contributed by atoms with van der Waals surface area (Å²) in [5, 5.41) is 27.7. The minimum Gasteiger partial charge on any atom is -0.508 e. The van der Waals surface area contributed by atoms with E-state index in [4.69, 9.17) is 4.74 Å². The molecular weight excluding hydrogens is 300 g/mol. The van der Waals surface area contributed by atoms with Crippen LogP contribution in [0.3, 0.4) is 0 Å². The number of fused-ring (bicyclic) bond motifs is 1. The number of ether oxygens (including phenoxy) is 1. The molecule has 0 saturated carbocycles. The van der Waals surface area contributed by atoms with Crippen molar-refractivity contribution in [2.75, 3.05) is 0 Å². The zero-order chi connectivity index (χ0) is 16.9. The van der Waals surface area contributed by atoms with Crippen molar-refractivity contribution in [1.29, 1.82) is 10.5 Å². The predicted octanol–water partition coefficient (Wildman–Crippen LogP) is 4.18. The molecule has 0 spiro atoms. The van der Waals surface area contributed by atoms with E-state index in [-0.39, 0.29) is 11.3 Å². The van der Waals surface area contributed by atoms with Gasteiger partial charge >= 0.3 is 0 Å². The monoisotopic (exact) mass is 312 g/mol. The van der Waals surface area contributed by atoms with Crippen molar-refractivity contribution in [3.8, 4) is 23.6 Å². The third-order valence-electron chi connectivity index (χ3n) is 3.52. The minimum absolute atomic E-state index is 0.0429. The van der Waals surface area contributed by atoms with Crippen molar-refractivity contribution in [3.63, 3.8) is 0 Å². The highest BCUT2D eigenvalue weighted by Crippen LogP contribution is 2.35. The van der Waals surface area contributed by atoms with Gasteiger partial charge in [-0.15, -0.1) is 0 Å². The van der Waals surface area contributed by atoms with E-state index in [9.17, 15) is 15.6 Å². The Labute approximate surface area is 139 Å². The van der Waals surface area contributed by atoms with E-state index in [1.54, 1.807) is 42.5 Å². The van der Waals surface area contributed by atoms with Crippen LogP contribution in [0.2, 0.25) is 0 Å². The Morgan fingerprint density at radius 1 is 0.958 bits per heavy atom. The van der Waals surface area contributed by atoms with E-state index < -0.39 is 0 Å². The maximum Gasteiger partial charge on any atom is 0.137 e. The lowest BCUT2D eigenvalue weighted by Crippen LogP contribution is -2.03. The van der Waals surface area contributed by atoms with Gasteiger partial charge in [0.2, 0.25) is 0 Å². The summed E-state index contributed by atoms with van der Waals surface area (Å²) in [6.07, 6.45) is 5.27. The van der Waals surface area contributed by atoms with E-state index >= 15 is 0 Å². The molecule has 2 aromatic rings. The summed E-state index contributed by atoms with van der Waals surface area (Å²) in [5.41, 5.74) is 2.20. The highest BCUT2D eigenvalue weighted by atomic mass is 16.5. The normalized spacial score (nSPS) is 12.6. The van der Waals surface area contributed by atoms with Crippen LogP contribution in [0.25, 0.3) is 11.6 Å². The van der Waals surface area contributed by atoms with Gasteiger partial charge in [0.15, 0.2) is 0 Å². The Morgan fingerprint density at radius 2 is 1.67 bits per heavy atom. The number of allylic oxidation sites excluding steroid dienone is 4. The van der Waals surface area contributed by atoms with E-state index in [2.05, 4.69) is 0 Å². The second kappa shape index (κ2) is 6.56. The van der Waals surface area contributed by atoms with Crippen LogP contribution in [0.15, 0.2) is 72.0 Å². The Morgan fingerprint density at radius 3 is 2.38 bits per heavy atom. The molecule has 24 heavy (non-hydrogen) atoms. The topological polar surface area (TPSA) is 77.0 Å². The second-order valence-corrected chi connectivity index (χ2v) is 5.08. The van der Waals surface area contributed by atoms with Crippen LogP contribution < -0.4 is 4.74 Å². The quantitative estimate of drug-likeness (QED) is 0.844. The molecule has 114 valence electrons. The first-order valence-electron chi connectivity index (χ1n) is 7.22. The summed E-state index contributed by atoms with van der Waals surface area (Å²) in [6.45, 7) is 0. The van der Waals surface area contributed by atoms with Gasteiger partial charge in [0.1, 0.15) is 35.0 Å². The Kier molecular flexibility index (Phi) is 4.14. The highest BCUT2D eigenvalue weighted by Gasteiger charge is 2.18. The molecule has 4 heteroatoms. The summed E-state index contributed by atoms with van der Waals surface area (Å²) in [7, 11) is 0. The third-order valence-corrected chi connectivity index (χ3v) is 3.52. The van der Waals surface area contributed by atoms with Gasteiger partial charge in [-0.3, -0.25) is 0 Å². The van der Waals surface area contributed by atoms with Crippen LogP contribution in [-0.2, 0) is 0 Å². The third kappa shape index (κ3) is 3.04. The van der Waals surface area contributed by atoms with Gasteiger partial charge in [-0.25, -0.2) is 0 Å². The number of aromatic hydroxyl groups is 1. The molecule has 1 aliphatic heterocycles. The zero-order valence-corrected chi connectivity index (χ0v) is 12.6. The van der Waals surface area contributed by atoms with Gasteiger partial charge in [-0.2, -0.15) is 10.5 Å². The molecule has 0 atom stereocenters. The van der Waals surface area contributed by atoms with Crippen LogP contribution in [0.1, 0.15) is 11.1 Å². The van der Waals surface area contributed by atoms with Crippen LogP contribution in [0.5, 0.6) is 11.5 Å². The molecule has 1 N–H and O–H groups in total. The molecular formula is C20H12N2O2. The van der Waals surface area contributed by atoms with Crippen LogP contribution in [0, 0.1) is 22.7 Å². The number of nitrogens with zero attached hydrogens (tertiary/aromatic N) is 2. The van der Waals surface area contributed by atoms with Gasteiger partial charge < -0.3 is 9.84 Å². The average Bonchev–Trinajstić information content (AvgIpc) is 2.62. The summed E-state index contributed by atoms with van der Waals surface area (Å²) < 4.78 is 5.82. The Bertz CT molecular complexity index is 936. The number of hydrogen-bond donors (Lipinski definition) is 1. The number of phenolic OH excluding ortho intramolecular Hbond substituents is 1. The molecule has 1 aliphatic rings. The Balaban J connectivity index is 2.01. The average molecular weight is 312 g/mol. The molecule has 0 radical (unpaired) electrons. The SMILES string of the molecule is N#CC(C#N)=C1C=C(/C=C/c2ccc(O)cc2)Oc2ccccc21. The molecule has 1 heterocycles. The molecule has 0 fully saturated rings. The smallest absolute Gasteiger partial charge is 0.137 e. The molecule has 0 saturated heterocycles. The first-order chi connectivity index (χ1) is 11.7. The van der Waals surface area contributed by atoms with Crippen LogP contribution >= 0.6 is 0 Å². The van der Waals surface area contributed by atoms with E-state index in [0.29, 0.717) is 17.1 Å². The van der Waals surface area contributed by atoms with E-state index in [0.717, 1.165) is 11.1 Å². The van der Waals surface area contributed by atoms with Gasteiger partial charge in [-0.05, 0) is 35.9 Å². The highest BCUT2D eigenvalue weighted by molar-refractivity contribution is 5.87. The fourth-order valence-electron chi connectivity index (χ4n) is 2.35. The number of nitriles is 2. The lowest BCUT2D eigenvalue weighted by atomic mass is 9.97. The number of rotatable bonds is 2. The molecule has 4 nitrogen and oxygen atoms in total. The fraction of sp³-hybridized carbons (Fsp3) is 0. The van der Waals surface area contributed by atoms with Crippen molar-refractivity contribution in [1.82, 2.24) is 0 Å². The summed E-state index contributed by atoms with van der Waals surface area (Å²) in [4.78, 5) is 0. The molecule has 0 aromatic heterocycles. The van der Waals surface area contributed by atoms with Crippen molar-refractivity contribution in [2.24, 2.45) is 0 Å². The van der Waals surface area contributed by atoms with E-state index in [1.807, 2.05) is 36.4 Å². The lowest BCUT2D eigenvalue weighted by molar-refractivity contribution is 0.439. The van der Waals surface area contributed by atoms with Crippen molar-refractivity contribution >= 4 is 11.6 Å². The standard InChI is InChI=1S/C20H12N2O2/c21-12-15(13-22)19-11-17(24-20-4-2-1-3-18(19)20)10-7-14-5-8-16(23)9-6-14/h1-11,23H/b10-7+. The largest absolute Gasteiger partial charge is 0.508 e. The van der Waals surface area contributed by atoms with Gasteiger partial charge in [0.05, 0.1) is 0 Å². The number of phenols is 1. The Hall–Kier alpha value is -3.76. The lowest BCUT2D eigenvalue weighted by Gasteiger charge is -2.18. The van der Waals surface area contributed by atoms with Crippen LogP contribution in [-0.4, -0.2) is 5.11 Å². The zero-order valence-electron chi connectivity index (χ0n) is 12.6. The van der Waals surface area contributed by atoms with Crippen LogP contribution in [0.4, 0.5) is 0 Å². The van der Waals surface area contributed by atoms with Crippen molar-refractivity contribution < 1.29 is 9.84 Å². The fourth-order valence-corrected chi connectivity index (χ4v) is 2.35. The second-order valence-electron chi connectivity index (χ2n) is 5.08. The van der Waals surface area contributed by atoms with Crippen molar-refractivity contribution in [2.45, 2.75) is 0 Å². The van der Waals surface area contributed by atoms with Crippen molar-refractivity contribution in [3.05, 3.63) is 83.1 Å². The minimum atomic E-state index is 0.0429.